The largest absolute Gasteiger partial charge is 0.367 e. The molecular formula is C19H27N7O. The third-order valence-electron chi connectivity index (χ3n) is 5.27. The molecular weight excluding hydrogens is 342 g/mol. The highest BCUT2D eigenvalue weighted by Crippen LogP contribution is 2.25. The van der Waals surface area contributed by atoms with Gasteiger partial charge in [-0.3, -0.25) is 9.69 Å². The third kappa shape index (κ3) is 3.95. The average molecular weight is 369 g/mol. The maximum atomic E-state index is 12.3. The number of carbonyl (C=O) groups excluding carboxylic acids is 1. The number of rotatable bonds is 5. The van der Waals surface area contributed by atoms with Crippen molar-refractivity contribution in [3.8, 4) is 0 Å². The van der Waals surface area contributed by atoms with E-state index in [9.17, 15) is 4.79 Å². The first-order valence-electron chi connectivity index (χ1n) is 9.76. The highest BCUT2D eigenvalue weighted by molar-refractivity contribution is 5.96. The maximum Gasteiger partial charge on any atom is 0.270 e. The SMILES string of the molecule is CC(C)c1nc(NC2CCN(Cc3ncc[nH]3)CC2)c2c(n1)C(=O)NCC2. The van der Waals surface area contributed by atoms with E-state index in [0.29, 0.717) is 18.3 Å². The van der Waals surface area contributed by atoms with Crippen molar-refractivity contribution >= 4 is 11.7 Å². The first kappa shape index (κ1) is 17.9. The Kier molecular flexibility index (Phi) is 5.07. The van der Waals surface area contributed by atoms with Crippen molar-refractivity contribution in [2.45, 2.75) is 51.6 Å². The summed E-state index contributed by atoms with van der Waals surface area (Å²) >= 11 is 0. The Balaban J connectivity index is 1.46. The zero-order chi connectivity index (χ0) is 18.8. The van der Waals surface area contributed by atoms with Crippen LogP contribution in [0.5, 0.6) is 0 Å². The van der Waals surface area contributed by atoms with Crippen LogP contribution in [0.2, 0.25) is 0 Å². The van der Waals surface area contributed by atoms with Crippen LogP contribution in [0.4, 0.5) is 5.82 Å². The number of imidazole rings is 1. The molecule has 1 fully saturated rings. The van der Waals surface area contributed by atoms with Gasteiger partial charge in [-0.1, -0.05) is 13.8 Å². The van der Waals surface area contributed by atoms with Gasteiger partial charge in [-0.2, -0.15) is 0 Å². The lowest BCUT2D eigenvalue weighted by atomic mass is 10.0. The summed E-state index contributed by atoms with van der Waals surface area (Å²) in [6.45, 7) is 7.65. The first-order valence-corrected chi connectivity index (χ1v) is 9.76. The summed E-state index contributed by atoms with van der Waals surface area (Å²) in [5.74, 6) is 2.68. The van der Waals surface area contributed by atoms with Crippen LogP contribution in [-0.4, -0.2) is 56.4 Å². The molecule has 0 saturated carbocycles. The molecule has 0 atom stereocenters. The van der Waals surface area contributed by atoms with E-state index in [2.05, 4.69) is 44.3 Å². The van der Waals surface area contributed by atoms with Crippen LogP contribution in [0.3, 0.4) is 0 Å². The van der Waals surface area contributed by atoms with Gasteiger partial charge in [-0.15, -0.1) is 0 Å². The van der Waals surface area contributed by atoms with E-state index in [0.717, 1.165) is 61.9 Å². The molecule has 0 aromatic carbocycles. The molecule has 0 unspecified atom stereocenters. The van der Waals surface area contributed by atoms with E-state index >= 15 is 0 Å². The number of amides is 1. The van der Waals surface area contributed by atoms with Crippen molar-refractivity contribution in [2.75, 3.05) is 25.0 Å². The fourth-order valence-electron chi connectivity index (χ4n) is 3.71. The van der Waals surface area contributed by atoms with E-state index in [1.807, 2.05) is 6.20 Å². The maximum absolute atomic E-state index is 12.3. The number of hydrogen-bond donors (Lipinski definition) is 3. The van der Waals surface area contributed by atoms with E-state index in [1.165, 1.54) is 0 Å². The number of aromatic nitrogens is 4. The molecule has 4 rings (SSSR count). The summed E-state index contributed by atoms with van der Waals surface area (Å²) in [6.07, 6.45) is 6.53. The average Bonchev–Trinajstić information content (AvgIpc) is 3.17. The normalized spacial score (nSPS) is 18.4. The van der Waals surface area contributed by atoms with E-state index in [1.54, 1.807) is 6.20 Å². The van der Waals surface area contributed by atoms with Crippen LogP contribution in [0.25, 0.3) is 0 Å². The second-order valence-electron chi connectivity index (χ2n) is 7.65. The standard InChI is InChI=1S/C19H27N7O/c1-12(2)17-24-16-14(3-6-22-19(16)27)18(25-17)23-13-4-9-26(10-5-13)11-15-20-7-8-21-15/h7-8,12-13H,3-6,9-11H2,1-2H3,(H,20,21)(H,22,27)(H,23,24,25). The first-order chi connectivity index (χ1) is 13.1. The molecule has 2 aromatic heterocycles. The number of fused-ring (bicyclic) bond motifs is 1. The quantitative estimate of drug-likeness (QED) is 0.742. The summed E-state index contributed by atoms with van der Waals surface area (Å²) in [5.41, 5.74) is 1.50. The summed E-state index contributed by atoms with van der Waals surface area (Å²) in [4.78, 5) is 31.4. The number of aromatic amines is 1. The second kappa shape index (κ2) is 7.64. The Morgan fingerprint density at radius 3 is 2.81 bits per heavy atom. The Bertz CT molecular complexity index is 795. The predicted molar refractivity (Wildman–Crippen MR) is 103 cm³/mol. The van der Waals surface area contributed by atoms with Gasteiger partial charge in [0.05, 0.1) is 6.54 Å². The highest BCUT2D eigenvalue weighted by Gasteiger charge is 2.27. The highest BCUT2D eigenvalue weighted by atomic mass is 16.1. The summed E-state index contributed by atoms with van der Waals surface area (Å²) < 4.78 is 0. The predicted octanol–water partition coefficient (Wildman–Crippen LogP) is 1.69. The minimum absolute atomic E-state index is 0.0862. The van der Waals surface area contributed by atoms with Crippen molar-refractivity contribution in [3.05, 3.63) is 35.3 Å². The minimum atomic E-state index is -0.0862. The lowest BCUT2D eigenvalue weighted by Gasteiger charge is -2.33. The molecule has 3 N–H and O–H groups in total. The summed E-state index contributed by atoms with van der Waals surface area (Å²) in [5, 5.41) is 6.51. The zero-order valence-corrected chi connectivity index (χ0v) is 16.0. The summed E-state index contributed by atoms with van der Waals surface area (Å²) in [6, 6.07) is 0.363. The smallest absolute Gasteiger partial charge is 0.270 e. The molecule has 27 heavy (non-hydrogen) atoms. The minimum Gasteiger partial charge on any atom is -0.367 e. The van der Waals surface area contributed by atoms with Gasteiger partial charge < -0.3 is 15.6 Å². The Morgan fingerprint density at radius 1 is 1.30 bits per heavy atom. The van der Waals surface area contributed by atoms with Crippen LogP contribution in [0, 0.1) is 0 Å². The molecule has 0 aliphatic carbocycles. The topological polar surface area (TPSA) is 98.8 Å². The van der Waals surface area contributed by atoms with E-state index < -0.39 is 0 Å². The molecule has 2 aromatic rings. The molecule has 2 aliphatic heterocycles. The lowest BCUT2D eigenvalue weighted by molar-refractivity contribution is 0.0940. The zero-order valence-electron chi connectivity index (χ0n) is 16.0. The molecule has 4 heterocycles. The van der Waals surface area contributed by atoms with Crippen LogP contribution in [0.15, 0.2) is 12.4 Å². The number of nitrogens with zero attached hydrogens (tertiary/aromatic N) is 4. The van der Waals surface area contributed by atoms with Crippen molar-refractivity contribution < 1.29 is 4.79 Å². The van der Waals surface area contributed by atoms with Gasteiger partial charge in [-0.25, -0.2) is 15.0 Å². The van der Waals surface area contributed by atoms with Crippen molar-refractivity contribution in [2.24, 2.45) is 0 Å². The van der Waals surface area contributed by atoms with Crippen LogP contribution < -0.4 is 10.6 Å². The molecule has 8 nitrogen and oxygen atoms in total. The van der Waals surface area contributed by atoms with Gasteiger partial charge in [0.25, 0.3) is 5.91 Å². The van der Waals surface area contributed by atoms with Crippen LogP contribution in [-0.2, 0) is 13.0 Å². The van der Waals surface area contributed by atoms with E-state index in [4.69, 9.17) is 4.98 Å². The van der Waals surface area contributed by atoms with Gasteiger partial charge in [0.15, 0.2) is 0 Å². The van der Waals surface area contributed by atoms with Crippen molar-refractivity contribution in [3.63, 3.8) is 0 Å². The Labute approximate surface area is 159 Å². The van der Waals surface area contributed by atoms with Gasteiger partial charge >= 0.3 is 0 Å². The van der Waals surface area contributed by atoms with Crippen LogP contribution in [0.1, 0.15) is 60.3 Å². The number of nitrogens with one attached hydrogen (secondary N) is 3. The van der Waals surface area contributed by atoms with Gasteiger partial charge in [-0.05, 0) is 19.3 Å². The van der Waals surface area contributed by atoms with Crippen molar-refractivity contribution in [1.29, 1.82) is 0 Å². The number of piperidine rings is 1. The molecule has 8 heteroatoms. The molecule has 0 radical (unpaired) electrons. The summed E-state index contributed by atoms with van der Waals surface area (Å²) in [7, 11) is 0. The molecule has 144 valence electrons. The fraction of sp³-hybridized carbons (Fsp3) is 0.579. The number of likely N-dealkylation sites (tertiary alicyclic amines) is 1. The number of anilines is 1. The van der Waals surface area contributed by atoms with Crippen molar-refractivity contribution in [1.82, 2.24) is 30.2 Å². The molecule has 2 aliphatic rings. The third-order valence-corrected chi connectivity index (χ3v) is 5.27. The van der Waals surface area contributed by atoms with Crippen LogP contribution >= 0.6 is 0 Å². The molecule has 1 amide bonds. The molecule has 0 bridgehead atoms. The van der Waals surface area contributed by atoms with E-state index in [-0.39, 0.29) is 11.8 Å². The lowest BCUT2D eigenvalue weighted by Crippen LogP contribution is -2.40. The Hall–Kier alpha value is -2.48. The van der Waals surface area contributed by atoms with Gasteiger partial charge in [0, 0.05) is 49.6 Å². The van der Waals surface area contributed by atoms with Gasteiger partial charge in [0.2, 0.25) is 0 Å². The molecule has 1 saturated heterocycles. The Morgan fingerprint density at radius 2 is 2.11 bits per heavy atom. The fourth-order valence-corrected chi connectivity index (χ4v) is 3.71. The second-order valence-corrected chi connectivity index (χ2v) is 7.65. The monoisotopic (exact) mass is 369 g/mol. The van der Waals surface area contributed by atoms with Gasteiger partial charge in [0.1, 0.15) is 23.2 Å². The number of H-pyrrole nitrogens is 1. The molecule has 0 spiro atoms. The number of carbonyl (C=O) groups is 1. The number of hydrogen-bond acceptors (Lipinski definition) is 6.